The molecule has 0 saturated carbocycles. The number of benzene rings is 4. The van der Waals surface area contributed by atoms with Crippen molar-refractivity contribution in [2.24, 2.45) is 0 Å². The summed E-state index contributed by atoms with van der Waals surface area (Å²) in [5.41, 5.74) is 9.08. The minimum absolute atomic E-state index is 0.150. The SMILES string of the molecule is CCOP(=O)(Cc1ccc(C(CC(CC)c2cccc(CP(=O)(OCC)OCC)c2)CC(CC(C)c2cccc(COCCOC)c2)c2ccc(COCCOCCOCCOC)cc2)cc1)OCC. The van der Waals surface area contributed by atoms with Crippen LogP contribution in [0.15, 0.2) is 97.1 Å². The van der Waals surface area contributed by atoms with Gasteiger partial charge in [0.15, 0.2) is 0 Å². The monoisotopic (exact) mass is 1010 g/mol. The van der Waals surface area contributed by atoms with Crippen LogP contribution in [0.25, 0.3) is 0 Å². The van der Waals surface area contributed by atoms with Gasteiger partial charge in [-0.2, -0.15) is 0 Å². The molecule has 14 heteroatoms. The molecule has 0 aliphatic carbocycles. The van der Waals surface area contributed by atoms with Crippen molar-refractivity contribution in [1.82, 2.24) is 0 Å². The van der Waals surface area contributed by atoms with Gasteiger partial charge in [0.1, 0.15) is 0 Å². The Morgan fingerprint density at radius 2 is 0.829 bits per heavy atom. The van der Waals surface area contributed by atoms with E-state index in [0.29, 0.717) is 92.5 Å². The van der Waals surface area contributed by atoms with Crippen molar-refractivity contribution < 1.29 is 55.6 Å². The van der Waals surface area contributed by atoms with E-state index in [-0.39, 0.29) is 36.0 Å². The van der Waals surface area contributed by atoms with Crippen LogP contribution in [0, 0.1) is 0 Å². The minimum Gasteiger partial charge on any atom is -0.382 e. The summed E-state index contributed by atoms with van der Waals surface area (Å²) in [6.45, 7) is 18.5. The van der Waals surface area contributed by atoms with Crippen LogP contribution < -0.4 is 0 Å². The smallest absolute Gasteiger partial charge is 0.335 e. The maximum absolute atomic E-state index is 13.7. The Morgan fingerprint density at radius 1 is 0.414 bits per heavy atom. The number of methoxy groups -OCH3 is 2. The third-order valence-electron chi connectivity index (χ3n) is 12.3. The van der Waals surface area contributed by atoms with E-state index >= 15 is 0 Å². The lowest BCUT2D eigenvalue weighted by Gasteiger charge is -2.30. The van der Waals surface area contributed by atoms with Gasteiger partial charge in [-0.1, -0.05) is 111 Å². The third-order valence-corrected chi connectivity index (χ3v) is 16.4. The second-order valence-electron chi connectivity index (χ2n) is 17.6. The average Bonchev–Trinajstić information content (AvgIpc) is 3.35. The molecule has 0 bridgehead atoms. The highest BCUT2D eigenvalue weighted by molar-refractivity contribution is 7.53. The van der Waals surface area contributed by atoms with E-state index in [1.807, 2.05) is 33.8 Å². The Hall–Kier alpha value is -3.06. The molecule has 4 aromatic carbocycles. The first-order valence-electron chi connectivity index (χ1n) is 25.4. The Labute approximate surface area is 420 Å². The van der Waals surface area contributed by atoms with Crippen LogP contribution in [-0.4, -0.2) is 93.5 Å². The molecule has 4 aromatic rings. The highest BCUT2D eigenvalue weighted by Gasteiger charge is 2.29. The molecule has 0 fully saturated rings. The topological polar surface area (TPSA) is 126 Å². The van der Waals surface area contributed by atoms with E-state index in [9.17, 15) is 9.13 Å². The minimum atomic E-state index is -3.30. The van der Waals surface area contributed by atoms with Crippen molar-refractivity contribution in [3.05, 3.63) is 142 Å². The molecule has 4 atom stereocenters. The largest absolute Gasteiger partial charge is 0.382 e. The van der Waals surface area contributed by atoms with Gasteiger partial charge in [0, 0.05) is 14.2 Å². The lowest BCUT2D eigenvalue weighted by Crippen LogP contribution is -2.14. The predicted octanol–water partition coefficient (Wildman–Crippen LogP) is 13.6. The molecule has 0 aliphatic rings. The molecule has 0 aliphatic heterocycles. The summed E-state index contributed by atoms with van der Waals surface area (Å²) in [6, 6.07) is 34.8. The lowest BCUT2D eigenvalue weighted by molar-refractivity contribution is 0.000867. The highest BCUT2D eigenvalue weighted by atomic mass is 31.2. The molecule has 0 spiro atoms. The first kappa shape index (κ1) is 59.5. The Balaban J connectivity index is 1.67. The molecule has 0 saturated heterocycles. The number of hydrogen-bond acceptors (Lipinski definition) is 12. The molecule has 12 nitrogen and oxygen atoms in total. The van der Waals surface area contributed by atoms with Crippen LogP contribution in [0.5, 0.6) is 0 Å². The van der Waals surface area contributed by atoms with Crippen molar-refractivity contribution in [2.45, 2.75) is 116 Å². The number of rotatable bonds is 39. The fourth-order valence-corrected chi connectivity index (χ4v) is 12.2. The summed E-state index contributed by atoms with van der Waals surface area (Å²) in [7, 11) is -3.25. The van der Waals surface area contributed by atoms with Gasteiger partial charge in [-0.05, 0) is 122 Å². The van der Waals surface area contributed by atoms with Gasteiger partial charge >= 0.3 is 15.2 Å². The van der Waals surface area contributed by atoms with E-state index in [1.165, 1.54) is 22.3 Å². The zero-order valence-corrected chi connectivity index (χ0v) is 45.3. The molecular weight excluding hydrogens is 927 g/mol. The molecule has 0 radical (unpaired) electrons. The van der Waals surface area contributed by atoms with E-state index in [0.717, 1.165) is 47.9 Å². The fraction of sp³-hybridized carbons (Fsp3) is 0.571. The van der Waals surface area contributed by atoms with E-state index in [4.69, 9.17) is 46.5 Å². The van der Waals surface area contributed by atoms with Gasteiger partial charge in [0.2, 0.25) is 0 Å². The van der Waals surface area contributed by atoms with Crippen molar-refractivity contribution in [1.29, 1.82) is 0 Å². The Morgan fingerprint density at radius 3 is 1.36 bits per heavy atom. The van der Waals surface area contributed by atoms with E-state index in [1.54, 1.807) is 14.2 Å². The summed E-state index contributed by atoms with van der Waals surface area (Å²) in [4.78, 5) is 0. The Kier molecular flexibility index (Phi) is 28.6. The second kappa shape index (κ2) is 33.6. The average molecular weight is 1010 g/mol. The van der Waals surface area contributed by atoms with Crippen molar-refractivity contribution >= 4 is 15.2 Å². The van der Waals surface area contributed by atoms with Crippen LogP contribution in [0.3, 0.4) is 0 Å². The Bertz CT molecular complexity index is 2080. The van der Waals surface area contributed by atoms with Gasteiger partial charge in [0.25, 0.3) is 0 Å². The van der Waals surface area contributed by atoms with Crippen LogP contribution >= 0.6 is 15.2 Å². The molecule has 4 unspecified atom stereocenters. The standard InChI is InChI=1S/C56H84O12P2/c1-9-50(54-19-15-17-49(38-54)44-70(58,67-12-4)68-13-5)39-56(52-26-22-47(23-27-52)43-69(57,65-10-2)66-11-3)40-55(36-45(6)53-18-14-16-48(37-53)42-63-31-29-60-8)51-24-20-46(21-25-51)41-64-35-34-62-33-32-61-30-28-59-7/h14-27,37-38,45,50,55-56H,9-13,28-36,39-44H2,1-8H3. The summed E-state index contributed by atoms with van der Waals surface area (Å²) in [5.74, 6) is 0.798. The maximum Gasteiger partial charge on any atom is 0.335 e. The summed E-state index contributed by atoms with van der Waals surface area (Å²) in [6.07, 6.45) is 4.05. The van der Waals surface area contributed by atoms with Crippen LogP contribution in [0.4, 0.5) is 0 Å². The zero-order chi connectivity index (χ0) is 50.5. The molecule has 0 heterocycles. The van der Waals surface area contributed by atoms with Gasteiger partial charge in [-0.3, -0.25) is 9.13 Å². The fourth-order valence-electron chi connectivity index (χ4n) is 8.84. The summed E-state index contributed by atoms with van der Waals surface area (Å²) >= 11 is 0. The second-order valence-corrected chi connectivity index (χ2v) is 21.7. The normalized spacial score (nSPS) is 13.9. The molecule has 70 heavy (non-hydrogen) atoms. The first-order chi connectivity index (χ1) is 34.0. The zero-order valence-electron chi connectivity index (χ0n) is 43.5. The van der Waals surface area contributed by atoms with E-state index < -0.39 is 15.2 Å². The third kappa shape index (κ3) is 21.6. The van der Waals surface area contributed by atoms with Crippen molar-refractivity contribution in [3.63, 3.8) is 0 Å². The predicted molar refractivity (Wildman–Crippen MR) is 280 cm³/mol. The van der Waals surface area contributed by atoms with Crippen LogP contribution in [-0.2, 0) is 81.2 Å². The number of ether oxygens (including phenoxy) is 6. The quantitative estimate of drug-likeness (QED) is 0.0312. The van der Waals surface area contributed by atoms with Gasteiger partial charge in [-0.15, -0.1) is 0 Å². The van der Waals surface area contributed by atoms with Crippen LogP contribution in [0.1, 0.15) is 135 Å². The molecule has 0 N–H and O–H groups in total. The summed E-state index contributed by atoms with van der Waals surface area (Å²) < 4.78 is 83.4. The maximum atomic E-state index is 13.7. The van der Waals surface area contributed by atoms with Gasteiger partial charge in [0.05, 0.1) is 105 Å². The lowest BCUT2D eigenvalue weighted by atomic mass is 9.75. The first-order valence-corrected chi connectivity index (χ1v) is 28.9. The van der Waals surface area contributed by atoms with E-state index in [2.05, 4.69) is 105 Å². The van der Waals surface area contributed by atoms with Crippen molar-refractivity contribution in [2.75, 3.05) is 93.5 Å². The van der Waals surface area contributed by atoms with Gasteiger partial charge < -0.3 is 46.5 Å². The molecule has 4 rings (SSSR count). The van der Waals surface area contributed by atoms with Crippen LogP contribution in [0.2, 0.25) is 0 Å². The van der Waals surface area contributed by atoms with Crippen molar-refractivity contribution in [3.8, 4) is 0 Å². The molecule has 0 amide bonds. The molecule has 0 aromatic heterocycles. The molecule has 390 valence electrons. The highest BCUT2D eigenvalue weighted by Crippen LogP contribution is 2.53. The number of hydrogen-bond donors (Lipinski definition) is 0. The summed E-state index contributed by atoms with van der Waals surface area (Å²) in [5, 5.41) is 0. The molecular formula is C56H84O12P2. The van der Waals surface area contributed by atoms with Gasteiger partial charge in [-0.25, -0.2) is 0 Å².